The van der Waals surface area contributed by atoms with E-state index in [0.717, 1.165) is 11.4 Å². The van der Waals surface area contributed by atoms with Crippen LogP contribution in [0.5, 0.6) is 0 Å². The number of ketones is 1. The Kier molecular flexibility index (Phi) is 2.10. The maximum atomic E-state index is 11.3. The molecule has 0 bridgehead atoms. The number of allylic oxidation sites excluding steroid dienone is 3. The van der Waals surface area contributed by atoms with Gasteiger partial charge in [-0.05, 0) is 17.7 Å². The van der Waals surface area contributed by atoms with Crippen molar-refractivity contribution in [2.45, 2.75) is 19.3 Å². The largest absolute Gasteiger partial charge is 0.834 e. The SMILES string of the molecule is CC1(C)/C(=C/C2C(=O)[C+]=C2[O-])Nc2ccccc21. The van der Waals surface area contributed by atoms with Crippen molar-refractivity contribution in [3.63, 3.8) is 0 Å². The maximum Gasteiger partial charge on any atom is 0.405 e. The van der Waals surface area contributed by atoms with Gasteiger partial charge in [-0.1, -0.05) is 32.0 Å². The number of fused-ring (bicyclic) bond motifs is 1. The summed E-state index contributed by atoms with van der Waals surface area (Å²) in [7, 11) is 0. The van der Waals surface area contributed by atoms with Gasteiger partial charge >= 0.3 is 5.78 Å². The monoisotopic (exact) mass is 239 g/mol. The molecule has 0 aromatic heterocycles. The summed E-state index contributed by atoms with van der Waals surface area (Å²) in [4.78, 5) is 11.3. The molecule has 1 aromatic rings. The van der Waals surface area contributed by atoms with Crippen LogP contribution in [0.25, 0.3) is 0 Å². The molecule has 3 rings (SSSR count). The zero-order valence-electron chi connectivity index (χ0n) is 10.3. The number of hydrogen-bond donors (Lipinski definition) is 1. The Balaban J connectivity index is 2.01. The van der Waals surface area contributed by atoms with E-state index in [0.29, 0.717) is 0 Å². The summed E-state index contributed by atoms with van der Waals surface area (Å²) in [5.41, 5.74) is 2.94. The van der Waals surface area contributed by atoms with Gasteiger partial charge in [-0.2, -0.15) is 0 Å². The number of benzene rings is 1. The Morgan fingerprint density at radius 2 is 2.11 bits per heavy atom. The van der Waals surface area contributed by atoms with Crippen molar-refractivity contribution in [3.8, 4) is 0 Å². The molecule has 3 heteroatoms. The Labute approximate surface area is 106 Å². The second-order valence-electron chi connectivity index (χ2n) is 5.21. The molecule has 0 spiro atoms. The summed E-state index contributed by atoms with van der Waals surface area (Å²) in [6.45, 7) is 4.16. The standard InChI is InChI=1S/C15H13NO2/c1-15(2)10-5-3-4-6-11(10)16-14(15)7-9-12(17)8-13(9)18/h3-7,9,16H,1-2H3/b14-7-. The first kappa shape index (κ1) is 11.0. The fraction of sp³-hybridized carbons (Fsp3) is 0.267. The van der Waals surface area contributed by atoms with E-state index in [-0.39, 0.29) is 17.0 Å². The van der Waals surface area contributed by atoms with E-state index >= 15 is 0 Å². The average Bonchev–Trinajstić information content (AvgIpc) is 2.59. The molecule has 1 N–H and O–H groups in total. The molecular weight excluding hydrogens is 226 g/mol. The van der Waals surface area contributed by atoms with Gasteiger partial charge in [0, 0.05) is 16.8 Å². The molecular formula is C15H13NO2. The molecule has 1 aliphatic carbocycles. The molecule has 0 amide bonds. The molecule has 0 saturated carbocycles. The quantitative estimate of drug-likeness (QED) is 0.756. The van der Waals surface area contributed by atoms with E-state index in [1.165, 1.54) is 5.56 Å². The number of hydrogen-bond acceptors (Lipinski definition) is 3. The first-order valence-corrected chi connectivity index (χ1v) is 5.93. The highest BCUT2D eigenvalue weighted by Crippen LogP contribution is 2.43. The molecule has 0 radical (unpaired) electrons. The van der Waals surface area contributed by atoms with Crippen molar-refractivity contribution in [2.75, 3.05) is 5.32 Å². The molecule has 1 aliphatic heterocycles. The zero-order chi connectivity index (χ0) is 12.9. The predicted molar refractivity (Wildman–Crippen MR) is 66.4 cm³/mol. The Hall–Kier alpha value is -2.12. The van der Waals surface area contributed by atoms with Crippen LogP contribution in [0.3, 0.4) is 0 Å². The third-order valence-electron chi connectivity index (χ3n) is 3.69. The Morgan fingerprint density at radius 3 is 2.72 bits per heavy atom. The average molecular weight is 239 g/mol. The van der Waals surface area contributed by atoms with Gasteiger partial charge in [-0.25, -0.2) is 4.79 Å². The van der Waals surface area contributed by atoms with Crippen LogP contribution >= 0.6 is 0 Å². The van der Waals surface area contributed by atoms with E-state index in [1.807, 2.05) is 18.2 Å². The molecule has 18 heavy (non-hydrogen) atoms. The lowest BCUT2D eigenvalue weighted by atomic mass is 9.80. The van der Waals surface area contributed by atoms with Crippen LogP contribution < -0.4 is 10.4 Å². The van der Waals surface area contributed by atoms with Crippen LogP contribution in [0, 0.1) is 12.0 Å². The fourth-order valence-corrected chi connectivity index (χ4v) is 2.47. The molecule has 0 fully saturated rings. The summed E-state index contributed by atoms with van der Waals surface area (Å²) >= 11 is 0. The minimum Gasteiger partial charge on any atom is -0.834 e. The minimum absolute atomic E-state index is 0.202. The molecule has 3 nitrogen and oxygen atoms in total. The number of rotatable bonds is 1. The normalized spacial score (nSPS) is 25.9. The van der Waals surface area contributed by atoms with Crippen molar-refractivity contribution in [2.24, 2.45) is 5.92 Å². The van der Waals surface area contributed by atoms with Gasteiger partial charge in [0.25, 0.3) is 6.08 Å². The maximum absolute atomic E-state index is 11.3. The first-order chi connectivity index (χ1) is 8.50. The first-order valence-electron chi connectivity index (χ1n) is 5.93. The van der Waals surface area contributed by atoms with E-state index < -0.39 is 5.92 Å². The Morgan fingerprint density at radius 1 is 1.39 bits per heavy atom. The minimum atomic E-state index is -0.638. The lowest BCUT2D eigenvalue weighted by Crippen LogP contribution is -2.33. The van der Waals surface area contributed by atoms with Gasteiger partial charge in [0.2, 0.25) is 0 Å². The number of carbonyl (C=O) groups is 1. The molecule has 1 atom stereocenters. The van der Waals surface area contributed by atoms with E-state index in [1.54, 1.807) is 6.08 Å². The number of nitrogens with one attached hydrogen (secondary N) is 1. The van der Waals surface area contributed by atoms with E-state index in [9.17, 15) is 9.90 Å². The van der Waals surface area contributed by atoms with Crippen LogP contribution in [0.2, 0.25) is 0 Å². The molecule has 90 valence electrons. The van der Waals surface area contributed by atoms with Crippen molar-refractivity contribution in [1.82, 2.24) is 0 Å². The van der Waals surface area contributed by atoms with Gasteiger partial charge in [-0.3, -0.25) is 0 Å². The highest BCUT2D eigenvalue weighted by molar-refractivity contribution is 5.98. The predicted octanol–water partition coefficient (Wildman–Crippen LogP) is 1.52. The van der Waals surface area contributed by atoms with E-state index in [2.05, 4.69) is 31.3 Å². The summed E-state index contributed by atoms with van der Waals surface area (Å²) < 4.78 is 0. The van der Waals surface area contributed by atoms with Crippen LogP contribution in [0.15, 0.2) is 41.8 Å². The topological polar surface area (TPSA) is 52.2 Å². The second-order valence-corrected chi connectivity index (χ2v) is 5.21. The van der Waals surface area contributed by atoms with Crippen LogP contribution in [0.1, 0.15) is 19.4 Å². The second kappa shape index (κ2) is 3.44. The number of Topliss-reactive ketones (excluding diaryl/α,β-unsaturated/α-hetero) is 1. The van der Waals surface area contributed by atoms with Crippen molar-refractivity contribution in [3.05, 3.63) is 53.4 Å². The lowest BCUT2D eigenvalue weighted by Gasteiger charge is -2.22. The summed E-state index contributed by atoms with van der Waals surface area (Å²) in [5.74, 6) is -1.08. The van der Waals surface area contributed by atoms with Gasteiger partial charge in [0.15, 0.2) is 11.7 Å². The summed E-state index contributed by atoms with van der Waals surface area (Å²) in [6, 6.07) is 8.02. The highest BCUT2D eigenvalue weighted by atomic mass is 16.3. The number of para-hydroxylation sites is 1. The third-order valence-corrected chi connectivity index (χ3v) is 3.69. The van der Waals surface area contributed by atoms with E-state index in [4.69, 9.17) is 0 Å². The van der Waals surface area contributed by atoms with Crippen LogP contribution in [0.4, 0.5) is 5.69 Å². The number of carbonyl (C=O) groups excluding carboxylic acids is 1. The highest BCUT2D eigenvalue weighted by Gasteiger charge is 2.43. The Bertz CT molecular complexity index is 596. The van der Waals surface area contributed by atoms with Gasteiger partial charge in [0.1, 0.15) is 0 Å². The van der Waals surface area contributed by atoms with Gasteiger partial charge < -0.3 is 10.4 Å². The summed E-state index contributed by atoms with van der Waals surface area (Å²) in [5, 5.41) is 14.6. The smallest absolute Gasteiger partial charge is 0.405 e. The zero-order valence-corrected chi connectivity index (χ0v) is 10.3. The van der Waals surface area contributed by atoms with Gasteiger partial charge in [-0.15, -0.1) is 0 Å². The molecule has 0 saturated heterocycles. The van der Waals surface area contributed by atoms with Gasteiger partial charge in [0.05, 0.1) is 0 Å². The summed E-state index contributed by atoms with van der Waals surface area (Å²) in [6.07, 6.45) is 3.97. The third kappa shape index (κ3) is 1.38. The van der Waals surface area contributed by atoms with Crippen LogP contribution in [-0.2, 0) is 10.2 Å². The number of anilines is 1. The molecule has 1 unspecified atom stereocenters. The van der Waals surface area contributed by atoms with Crippen LogP contribution in [-0.4, -0.2) is 5.78 Å². The lowest BCUT2D eigenvalue weighted by molar-refractivity contribution is -0.315. The molecule has 1 heterocycles. The van der Waals surface area contributed by atoms with Crippen molar-refractivity contribution in [1.29, 1.82) is 0 Å². The van der Waals surface area contributed by atoms with Crippen molar-refractivity contribution < 1.29 is 9.90 Å². The van der Waals surface area contributed by atoms with Crippen molar-refractivity contribution >= 4 is 11.5 Å². The molecule has 1 aromatic carbocycles. The molecule has 2 aliphatic rings. The fourth-order valence-electron chi connectivity index (χ4n) is 2.47.